The van der Waals surface area contributed by atoms with Crippen molar-refractivity contribution in [3.05, 3.63) is 47.0 Å². The van der Waals surface area contributed by atoms with Gasteiger partial charge in [-0.15, -0.1) is 0 Å². The van der Waals surface area contributed by atoms with Crippen LogP contribution >= 0.6 is 0 Å². The Morgan fingerprint density at radius 2 is 1.92 bits per heavy atom. The van der Waals surface area contributed by atoms with Crippen molar-refractivity contribution in [2.45, 2.75) is 18.9 Å². The average Bonchev–Trinajstić information content (AvgIpc) is 2.56. The number of phenols is 2. The number of hydrogen-bond acceptors (Lipinski definition) is 4. The van der Waals surface area contributed by atoms with Gasteiger partial charge in [-0.05, 0) is 29.7 Å². The van der Waals surface area contributed by atoms with Crippen LogP contribution in [0.1, 0.15) is 22.6 Å². The van der Waals surface area contributed by atoms with Crippen LogP contribution in [0.5, 0.6) is 23.0 Å². The SMILES string of the molecule is COc1ccc2c(c1O)C[NH+](C)C[C@H]2Cc1cccc(O)c1OC. The molecule has 2 atom stereocenters. The fourth-order valence-electron chi connectivity index (χ4n) is 3.68. The minimum absolute atomic E-state index is 0.157. The van der Waals surface area contributed by atoms with Gasteiger partial charge in [0.2, 0.25) is 0 Å². The predicted molar refractivity (Wildman–Crippen MR) is 91.2 cm³/mol. The summed E-state index contributed by atoms with van der Waals surface area (Å²) in [6.45, 7) is 1.73. The normalized spacial score (nSPS) is 19.6. The van der Waals surface area contributed by atoms with Crippen LogP contribution in [0.25, 0.3) is 0 Å². The van der Waals surface area contributed by atoms with Crippen LogP contribution in [0.4, 0.5) is 0 Å². The average molecular weight is 330 g/mol. The molecular formula is C19H24NO4+. The summed E-state index contributed by atoms with van der Waals surface area (Å²) in [7, 11) is 5.26. The van der Waals surface area contributed by atoms with E-state index in [1.807, 2.05) is 24.3 Å². The molecule has 0 aromatic heterocycles. The van der Waals surface area contributed by atoms with Gasteiger partial charge in [0.1, 0.15) is 6.54 Å². The molecule has 0 saturated carbocycles. The number of fused-ring (bicyclic) bond motifs is 1. The van der Waals surface area contributed by atoms with Crippen LogP contribution in [-0.4, -0.2) is 38.0 Å². The maximum Gasteiger partial charge on any atom is 0.166 e. The summed E-state index contributed by atoms with van der Waals surface area (Å²) < 4.78 is 10.6. The lowest BCUT2D eigenvalue weighted by atomic mass is 9.84. The van der Waals surface area contributed by atoms with E-state index in [0.717, 1.165) is 36.2 Å². The molecule has 0 bridgehead atoms. The predicted octanol–water partition coefficient (Wildman–Crippen LogP) is 1.47. The highest BCUT2D eigenvalue weighted by Gasteiger charge is 2.30. The van der Waals surface area contributed by atoms with E-state index in [2.05, 4.69) is 7.05 Å². The van der Waals surface area contributed by atoms with Gasteiger partial charge in [-0.1, -0.05) is 18.2 Å². The number of rotatable bonds is 4. The highest BCUT2D eigenvalue weighted by Crippen LogP contribution is 2.39. The van der Waals surface area contributed by atoms with Gasteiger partial charge in [-0.3, -0.25) is 0 Å². The highest BCUT2D eigenvalue weighted by molar-refractivity contribution is 5.52. The van der Waals surface area contributed by atoms with Crippen molar-refractivity contribution < 1.29 is 24.6 Å². The lowest BCUT2D eigenvalue weighted by Gasteiger charge is -2.31. The van der Waals surface area contributed by atoms with Crippen LogP contribution in [0.15, 0.2) is 30.3 Å². The Balaban J connectivity index is 1.99. The monoisotopic (exact) mass is 330 g/mol. The molecule has 0 spiro atoms. The molecular weight excluding hydrogens is 306 g/mol. The summed E-state index contributed by atoms with van der Waals surface area (Å²) in [6.07, 6.45) is 0.744. The largest absolute Gasteiger partial charge is 0.504 e. The van der Waals surface area contributed by atoms with Crippen LogP contribution in [0.2, 0.25) is 0 Å². The fourth-order valence-corrected chi connectivity index (χ4v) is 3.68. The summed E-state index contributed by atoms with van der Waals surface area (Å²) in [5.74, 6) is 1.67. The van der Waals surface area contributed by atoms with Crippen molar-refractivity contribution in [3.63, 3.8) is 0 Å². The van der Waals surface area contributed by atoms with Crippen molar-refractivity contribution in [3.8, 4) is 23.0 Å². The number of quaternary nitrogens is 1. The molecule has 24 heavy (non-hydrogen) atoms. The van der Waals surface area contributed by atoms with Crippen molar-refractivity contribution in [1.82, 2.24) is 0 Å². The minimum atomic E-state index is 0.157. The van der Waals surface area contributed by atoms with Gasteiger partial charge in [-0.25, -0.2) is 0 Å². The van der Waals surface area contributed by atoms with Crippen LogP contribution in [0.3, 0.4) is 0 Å². The molecule has 0 radical (unpaired) electrons. The van der Waals surface area contributed by atoms with Gasteiger partial charge >= 0.3 is 0 Å². The third kappa shape index (κ3) is 2.87. The highest BCUT2D eigenvalue weighted by atomic mass is 16.5. The molecule has 128 valence electrons. The molecule has 5 nitrogen and oxygen atoms in total. The molecule has 3 rings (SSSR count). The number of phenolic OH excluding ortho intramolecular Hbond substituents is 2. The van der Waals surface area contributed by atoms with Crippen molar-refractivity contribution in [2.24, 2.45) is 0 Å². The number of likely N-dealkylation sites (N-methyl/N-ethyl adjacent to an activating group) is 1. The molecule has 0 amide bonds. The van der Waals surface area contributed by atoms with Crippen molar-refractivity contribution >= 4 is 0 Å². The maximum atomic E-state index is 10.5. The lowest BCUT2D eigenvalue weighted by molar-refractivity contribution is -0.897. The first-order chi connectivity index (χ1) is 11.5. The smallest absolute Gasteiger partial charge is 0.166 e. The Morgan fingerprint density at radius 1 is 1.12 bits per heavy atom. The second-order valence-corrected chi connectivity index (χ2v) is 6.39. The number of methoxy groups -OCH3 is 2. The van der Waals surface area contributed by atoms with E-state index in [9.17, 15) is 10.2 Å². The van der Waals surface area contributed by atoms with E-state index in [0.29, 0.717) is 11.5 Å². The second-order valence-electron chi connectivity index (χ2n) is 6.39. The number of ether oxygens (including phenoxy) is 2. The first kappa shape index (κ1) is 16.5. The van der Waals surface area contributed by atoms with Gasteiger partial charge < -0.3 is 24.6 Å². The second kappa shape index (κ2) is 6.61. The Labute approximate surface area is 142 Å². The molecule has 3 N–H and O–H groups in total. The van der Waals surface area contributed by atoms with E-state index in [-0.39, 0.29) is 17.4 Å². The zero-order valence-electron chi connectivity index (χ0n) is 14.3. The number of benzene rings is 2. The zero-order chi connectivity index (χ0) is 17.3. The summed E-state index contributed by atoms with van der Waals surface area (Å²) in [4.78, 5) is 1.33. The van der Waals surface area contributed by atoms with Gasteiger partial charge in [-0.2, -0.15) is 0 Å². The van der Waals surface area contributed by atoms with Crippen LogP contribution in [-0.2, 0) is 13.0 Å². The topological polar surface area (TPSA) is 63.4 Å². The summed E-state index contributed by atoms with van der Waals surface area (Å²) in [5, 5.41) is 20.5. The molecule has 0 aliphatic carbocycles. The Bertz CT molecular complexity index is 744. The zero-order valence-corrected chi connectivity index (χ0v) is 14.3. The Morgan fingerprint density at radius 3 is 2.62 bits per heavy atom. The molecule has 0 fully saturated rings. The first-order valence-electron chi connectivity index (χ1n) is 8.10. The number of para-hydroxylation sites is 1. The summed E-state index contributed by atoms with van der Waals surface area (Å²) in [6, 6.07) is 9.30. The van der Waals surface area contributed by atoms with Gasteiger partial charge in [0.15, 0.2) is 23.0 Å². The third-order valence-electron chi connectivity index (χ3n) is 4.76. The van der Waals surface area contributed by atoms with Gasteiger partial charge in [0.25, 0.3) is 0 Å². The molecule has 5 heteroatoms. The van der Waals surface area contributed by atoms with Crippen LogP contribution < -0.4 is 14.4 Å². The Kier molecular flexibility index (Phi) is 4.53. The maximum absolute atomic E-state index is 10.5. The quantitative estimate of drug-likeness (QED) is 0.794. The van der Waals surface area contributed by atoms with Crippen molar-refractivity contribution in [1.29, 1.82) is 0 Å². The van der Waals surface area contributed by atoms with Gasteiger partial charge in [0.05, 0.1) is 33.4 Å². The van der Waals surface area contributed by atoms with Crippen LogP contribution in [0, 0.1) is 0 Å². The lowest BCUT2D eigenvalue weighted by Crippen LogP contribution is -3.09. The van der Waals surface area contributed by atoms with E-state index in [1.54, 1.807) is 20.3 Å². The Hall–Kier alpha value is -2.40. The molecule has 1 heterocycles. The standard InChI is InChI=1S/C19H23NO4/c1-20-10-13(9-12-5-4-6-16(21)19(12)24-3)14-7-8-17(23-2)18(22)15(14)11-20/h4-8,13,21-22H,9-11H2,1-3H3/p+1/t13-/m1/s1. The van der Waals surface area contributed by atoms with E-state index < -0.39 is 0 Å². The minimum Gasteiger partial charge on any atom is -0.504 e. The number of nitrogens with one attached hydrogen (secondary N) is 1. The van der Waals surface area contributed by atoms with E-state index in [1.165, 1.54) is 4.90 Å². The number of aromatic hydroxyl groups is 2. The molecule has 1 aliphatic rings. The molecule has 2 aromatic carbocycles. The third-order valence-corrected chi connectivity index (χ3v) is 4.76. The molecule has 0 saturated heterocycles. The summed E-state index contributed by atoms with van der Waals surface area (Å²) >= 11 is 0. The molecule has 1 unspecified atom stereocenters. The van der Waals surface area contributed by atoms with E-state index in [4.69, 9.17) is 9.47 Å². The summed E-state index contributed by atoms with van der Waals surface area (Å²) in [5.41, 5.74) is 3.06. The first-order valence-corrected chi connectivity index (χ1v) is 8.10. The fraction of sp³-hybridized carbons (Fsp3) is 0.368. The van der Waals surface area contributed by atoms with E-state index >= 15 is 0 Å². The molecule has 1 aliphatic heterocycles. The van der Waals surface area contributed by atoms with Gasteiger partial charge in [0, 0.05) is 5.92 Å². The number of hydrogen-bond donors (Lipinski definition) is 3. The molecule has 2 aromatic rings. The van der Waals surface area contributed by atoms with Crippen molar-refractivity contribution in [2.75, 3.05) is 27.8 Å².